The van der Waals surface area contributed by atoms with Gasteiger partial charge in [-0.2, -0.15) is 0 Å². The fourth-order valence-electron chi connectivity index (χ4n) is 2.45. The van der Waals surface area contributed by atoms with Crippen LogP contribution in [0.3, 0.4) is 0 Å². The molecule has 0 unspecified atom stereocenters. The summed E-state index contributed by atoms with van der Waals surface area (Å²) in [5, 5.41) is 2.91. The highest BCUT2D eigenvalue weighted by atomic mass is 35.5. The molecular weight excluding hydrogens is 357 g/mol. The molecule has 138 valence electrons. The summed E-state index contributed by atoms with van der Waals surface area (Å²) in [6, 6.07) is 15.5. The largest absolute Gasteiger partial charge is 0.398 e. The smallest absolute Gasteiger partial charge is 0.253 e. The Hall–Kier alpha value is -1.75. The first-order chi connectivity index (χ1) is 11.1. The van der Waals surface area contributed by atoms with E-state index in [0.717, 1.165) is 25.2 Å². The van der Waals surface area contributed by atoms with Gasteiger partial charge in [-0.25, -0.2) is 0 Å². The highest BCUT2D eigenvalue weighted by Crippen LogP contribution is 2.11. The molecule has 0 bridgehead atoms. The van der Waals surface area contributed by atoms with Crippen molar-refractivity contribution in [1.82, 2.24) is 10.2 Å². The third-order valence-electron chi connectivity index (χ3n) is 3.98. The number of hydrogen-bond acceptors (Lipinski definition) is 3. The van der Waals surface area contributed by atoms with Crippen LogP contribution in [0.2, 0.25) is 0 Å². The van der Waals surface area contributed by atoms with E-state index in [1.165, 1.54) is 5.56 Å². The van der Waals surface area contributed by atoms with Crippen LogP contribution in [0, 0.1) is 0 Å². The minimum Gasteiger partial charge on any atom is -0.398 e. The van der Waals surface area contributed by atoms with Gasteiger partial charge in [0, 0.05) is 18.8 Å². The number of carbonyl (C=O) groups excluding carboxylic acids is 1. The second-order valence-electron chi connectivity index (χ2n) is 5.55. The van der Waals surface area contributed by atoms with Crippen molar-refractivity contribution in [3.8, 4) is 0 Å². The Labute approximate surface area is 162 Å². The van der Waals surface area contributed by atoms with Gasteiger partial charge in [0.15, 0.2) is 0 Å². The number of nitrogens with two attached hydrogens (primary N) is 1. The van der Waals surface area contributed by atoms with Crippen molar-refractivity contribution in [1.29, 1.82) is 0 Å². The number of para-hydroxylation sites is 1. The molecule has 25 heavy (non-hydrogen) atoms. The fraction of sp³-hybridized carbons (Fsp3) is 0.316. The van der Waals surface area contributed by atoms with Crippen molar-refractivity contribution in [3.63, 3.8) is 0 Å². The molecule has 0 saturated heterocycles. The van der Waals surface area contributed by atoms with E-state index in [0.29, 0.717) is 17.8 Å². The first-order valence-corrected chi connectivity index (χ1v) is 8.07. The number of nitrogens with zero attached hydrogens (tertiary/aromatic N) is 1. The normalized spacial score (nSPS) is 9.88. The molecule has 0 fully saturated rings. The summed E-state index contributed by atoms with van der Waals surface area (Å²) in [5.41, 5.74) is 9.20. The van der Waals surface area contributed by atoms with Crippen LogP contribution in [0.4, 0.5) is 5.69 Å². The molecule has 0 aliphatic rings. The lowest BCUT2D eigenvalue weighted by molar-refractivity contribution is 0.0952. The van der Waals surface area contributed by atoms with Crippen molar-refractivity contribution in [2.75, 3.05) is 18.8 Å². The zero-order chi connectivity index (χ0) is 16.7. The zero-order valence-electron chi connectivity index (χ0n) is 14.7. The van der Waals surface area contributed by atoms with E-state index in [-0.39, 0.29) is 30.7 Å². The van der Waals surface area contributed by atoms with Crippen molar-refractivity contribution >= 4 is 36.4 Å². The minimum absolute atomic E-state index is 0. The predicted molar refractivity (Wildman–Crippen MR) is 110 cm³/mol. The first kappa shape index (κ1) is 23.2. The zero-order valence-corrected chi connectivity index (χ0v) is 16.3. The van der Waals surface area contributed by atoms with Gasteiger partial charge in [0.2, 0.25) is 0 Å². The van der Waals surface area contributed by atoms with Gasteiger partial charge in [0.25, 0.3) is 5.91 Å². The van der Waals surface area contributed by atoms with Crippen molar-refractivity contribution in [3.05, 3.63) is 65.2 Å². The number of benzene rings is 2. The molecule has 1 amide bonds. The van der Waals surface area contributed by atoms with E-state index in [1.807, 2.05) is 12.1 Å². The van der Waals surface area contributed by atoms with Gasteiger partial charge in [-0.15, -0.1) is 24.8 Å². The van der Waals surface area contributed by atoms with Gasteiger partial charge in [0.05, 0.1) is 5.56 Å². The maximum Gasteiger partial charge on any atom is 0.253 e. The third kappa shape index (κ3) is 6.94. The van der Waals surface area contributed by atoms with Gasteiger partial charge < -0.3 is 11.1 Å². The summed E-state index contributed by atoms with van der Waals surface area (Å²) in [4.78, 5) is 14.5. The molecule has 0 spiro atoms. The molecule has 6 heteroatoms. The number of halogens is 2. The molecule has 0 aliphatic heterocycles. The summed E-state index contributed by atoms with van der Waals surface area (Å²) in [6.07, 6.45) is 0. The van der Waals surface area contributed by atoms with Crippen molar-refractivity contribution in [2.45, 2.75) is 26.9 Å². The molecule has 0 radical (unpaired) electrons. The minimum atomic E-state index is -0.143. The molecule has 0 aliphatic carbocycles. The molecule has 2 rings (SSSR count). The number of nitrogen functional groups attached to an aromatic ring is 1. The highest BCUT2D eigenvalue weighted by Gasteiger charge is 2.08. The number of nitrogens with one attached hydrogen (secondary N) is 1. The summed E-state index contributed by atoms with van der Waals surface area (Å²) < 4.78 is 0. The van der Waals surface area contributed by atoms with E-state index in [9.17, 15) is 4.79 Å². The molecule has 4 nitrogen and oxygen atoms in total. The Bertz CT molecular complexity index is 643. The van der Waals surface area contributed by atoms with Crippen molar-refractivity contribution in [2.24, 2.45) is 0 Å². The average Bonchev–Trinajstić information content (AvgIpc) is 2.59. The summed E-state index contributed by atoms with van der Waals surface area (Å²) >= 11 is 0. The standard InChI is InChI=1S/C19H25N3O.2ClH/c1-3-22(4-2)14-16-11-9-15(10-12-16)13-21-19(23)17-7-5-6-8-18(17)20;;/h5-12H,3-4,13-14,20H2,1-2H3,(H,21,23);2*1H. The second-order valence-corrected chi connectivity index (χ2v) is 5.55. The van der Waals surface area contributed by atoms with E-state index in [2.05, 4.69) is 48.3 Å². The molecule has 2 aromatic rings. The number of rotatable bonds is 7. The molecular formula is C19H27Cl2N3O. The first-order valence-electron chi connectivity index (χ1n) is 8.07. The molecule has 2 aromatic carbocycles. The summed E-state index contributed by atoms with van der Waals surface area (Å²) in [6.45, 7) is 7.89. The predicted octanol–water partition coefficient (Wildman–Crippen LogP) is 3.88. The Kier molecular flexibility index (Phi) is 10.9. The molecule has 0 atom stereocenters. The maximum absolute atomic E-state index is 12.1. The number of carbonyl (C=O) groups is 1. The Morgan fingerprint density at radius 3 is 2.08 bits per heavy atom. The van der Waals surface area contributed by atoms with Crippen LogP contribution in [0.1, 0.15) is 35.3 Å². The van der Waals surface area contributed by atoms with Crippen LogP contribution < -0.4 is 11.1 Å². The lowest BCUT2D eigenvalue weighted by Gasteiger charge is -2.18. The monoisotopic (exact) mass is 383 g/mol. The summed E-state index contributed by atoms with van der Waals surface area (Å²) in [7, 11) is 0. The lowest BCUT2D eigenvalue weighted by atomic mass is 10.1. The Morgan fingerprint density at radius 1 is 0.960 bits per heavy atom. The number of anilines is 1. The van der Waals surface area contributed by atoms with Gasteiger partial charge in [-0.3, -0.25) is 9.69 Å². The number of amides is 1. The van der Waals surface area contributed by atoms with Gasteiger partial charge in [-0.1, -0.05) is 50.2 Å². The Balaban J connectivity index is 0.00000288. The van der Waals surface area contributed by atoms with E-state index < -0.39 is 0 Å². The lowest BCUT2D eigenvalue weighted by Crippen LogP contribution is -2.24. The Morgan fingerprint density at radius 2 is 1.52 bits per heavy atom. The van der Waals surface area contributed by atoms with Crippen LogP contribution in [0.25, 0.3) is 0 Å². The summed E-state index contributed by atoms with van der Waals surface area (Å²) in [5.74, 6) is -0.143. The average molecular weight is 384 g/mol. The molecule has 0 aromatic heterocycles. The van der Waals surface area contributed by atoms with E-state index in [4.69, 9.17) is 5.73 Å². The topological polar surface area (TPSA) is 58.4 Å². The van der Waals surface area contributed by atoms with Crippen LogP contribution >= 0.6 is 24.8 Å². The van der Waals surface area contributed by atoms with Gasteiger partial charge >= 0.3 is 0 Å². The van der Waals surface area contributed by atoms with Gasteiger partial charge in [-0.05, 0) is 36.3 Å². The van der Waals surface area contributed by atoms with Crippen LogP contribution in [-0.2, 0) is 13.1 Å². The molecule has 3 N–H and O–H groups in total. The van der Waals surface area contributed by atoms with E-state index in [1.54, 1.807) is 12.1 Å². The highest BCUT2D eigenvalue weighted by molar-refractivity contribution is 5.98. The third-order valence-corrected chi connectivity index (χ3v) is 3.98. The van der Waals surface area contributed by atoms with Gasteiger partial charge in [0.1, 0.15) is 0 Å². The molecule has 0 heterocycles. The van der Waals surface area contributed by atoms with Crippen LogP contribution in [-0.4, -0.2) is 23.9 Å². The molecule has 0 saturated carbocycles. The van der Waals surface area contributed by atoms with E-state index >= 15 is 0 Å². The van der Waals surface area contributed by atoms with Crippen LogP contribution in [0.5, 0.6) is 0 Å². The van der Waals surface area contributed by atoms with Crippen LogP contribution in [0.15, 0.2) is 48.5 Å². The second kappa shape index (κ2) is 11.7. The maximum atomic E-state index is 12.1. The SMILES string of the molecule is CCN(CC)Cc1ccc(CNC(=O)c2ccccc2N)cc1.Cl.Cl. The number of hydrogen-bond donors (Lipinski definition) is 2. The quantitative estimate of drug-likeness (QED) is 0.713. The van der Waals surface area contributed by atoms with Crippen molar-refractivity contribution < 1.29 is 4.79 Å². The fourth-order valence-corrected chi connectivity index (χ4v) is 2.45.